The highest BCUT2D eigenvalue weighted by atomic mass is 15.0. The molecule has 1 aliphatic carbocycles. The van der Waals surface area contributed by atoms with Gasteiger partial charge in [-0.05, 0) is 84.1 Å². The molecule has 1 unspecified atom stereocenters. The third-order valence-corrected chi connectivity index (χ3v) is 9.29. The molecule has 1 aromatic heterocycles. The molecule has 2 N–H and O–H groups in total. The minimum absolute atomic E-state index is 0.333. The lowest BCUT2D eigenvalue weighted by Gasteiger charge is -2.31. The minimum atomic E-state index is -0.333. The van der Waals surface area contributed by atoms with Crippen molar-refractivity contribution in [3.63, 3.8) is 0 Å². The molecule has 46 heavy (non-hydrogen) atoms. The summed E-state index contributed by atoms with van der Waals surface area (Å²) in [7, 11) is 0. The van der Waals surface area contributed by atoms with Gasteiger partial charge in [0.1, 0.15) is 0 Å². The number of hydrogen-bond acceptors (Lipinski definition) is 3. The molecule has 5 aromatic carbocycles. The van der Waals surface area contributed by atoms with Crippen LogP contribution >= 0.6 is 0 Å². The fraction of sp³-hybridized carbons (Fsp3) is 0.0952. The first-order chi connectivity index (χ1) is 22.3. The van der Waals surface area contributed by atoms with Gasteiger partial charge < -0.3 is 10.3 Å². The van der Waals surface area contributed by atoms with Crippen LogP contribution in [0.4, 0.5) is 5.69 Å². The lowest BCUT2D eigenvalue weighted by molar-refractivity contribution is 0.581. The fourth-order valence-corrected chi connectivity index (χ4v) is 6.68. The van der Waals surface area contributed by atoms with Crippen molar-refractivity contribution < 1.29 is 0 Å². The lowest BCUT2D eigenvalue weighted by atomic mass is 9.73. The molecule has 7 rings (SSSR count). The summed E-state index contributed by atoms with van der Waals surface area (Å²) in [5, 5.41) is 21.9. The van der Waals surface area contributed by atoms with Crippen molar-refractivity contribution in [3.8, 4) is 29.0 Å². The lowest BCUT2D eigenvalue weighted by Crippen LogP contribution is -2.17. The molecule has 1 aliphatic rings. The number of benzene rings is 5. The van der Waals surface area contributed by atoms with Crippen LogP contribution in [0, 0.1) is 35.0 Å². The number of nitrogen functional groups attached to an aromatic ring is 1. The number of rotatable bonds is 5. The highest BCUT2D eigenvalue weighted by Gasteiger charge is 2.29. The van der Waals surface area contributed by atoms with E-state index < -0.39 is 0 Å². The van der Waals surface area contributed by atoms with Gasteiger partial charge in [0.05, 0.1) is 40.0 Å². The van der Waals surface area contributed by atoms with Crippen LogP contribution in [0.3, 0.4) is 0 Å². The number of nitriles is 2. The van der Waals surface area contributed by atoms with Gasteiger partial charge >= 0.3 is 0 Å². The average molecular weight is 593 g/mol. The van der Waals surface area contributed by atoms with Crippen LogP contribution in [-0.4, -0.2) is 4.57 Å². The molecule has 4 heteroatoms. The zero-order chi connectivity index (χ0) is 32.0. The highest BCUT2D eigenvalue weighted by molar-refractivity contribution is 6.11. The molecule has 0 amide bonds. The van der Waals surface area contributed by atoms with E-state index in [0.29, 0.717) is 16.8 Å². The van der Waals surface area contributed by atoms with Gasteiger partial charge in [0.15, 0.2) is 0 Å². The van der Waals surface area contributed by atoms with Gasteiger partial charge in [-0.1, -0.05) is 91.9 Å². The van der Waals surface area contributed by atoms with E-state index in [-0.39, 0.29) is 5.41 Å². The molecule has 4 nitrogen and oxygen atoms in total. The maximum atomic E-state index is 10.1. The van der Waals surface area contributed by atoms with Gasteiger partial charge in [0.25, 0.3) is 0 Å². The van der Waals surface area contributed by atoms with Crippen molar-refractivity contribution in [1.29, 1.82) is 10.5 Å². The molecule has 0 bridgehead atoms. The molecule has 0 saturated heterocycles. The summed E-state index contributed by atoms with van der Waals surface area (Å²) in [6, 6.07) is 39.2. The third-order valence-electron chi connectivity index (χ3n) is 9.29. The third kappa shape index (κ3) is 4.69. The summed E-state index contributed by atoms with van der Waals surface area (Å²) in [6.45, 7) is 8.96. The first-order valence-corrected chi connectivity index (χ1v) is 15.3. The predicted octanol–water partition coefficient (Wildman–Crippen LogP) is 10.1. The van der Waals surface area contributed by atoms with E-state index in [1.54, 1.807) is 0 Å². The van der Waals surface area contributed by atoms with Crippen LogP contribution in [0.25, 0.3) is 49.8 Å². The summed E-state index contributed by atoms with van der Waals surface area (Å²) in [5.74, 6) is 0. The highest BCUT2D eigenvalue weighted by Crippen LogP contribution is 2.45. The maximum absolute atomic E-state index is 10.1. The SMILES string of the molecule is C=C(c1ccc(-c2ccccc2C#N)c(-n2c3ccc(C)cc3c3cc(N)ccc32)c1)C1(C)C=CC(c2ccccc2C#N)=CC1. The van der Waals surface area contributed by atoms with Crippen LogP contribution < -0.4 is 5.73 Å². The normalized spacial score (nSPS) is 15.8. The van der Waals surface area contributed by atoms with Crippen molar-refractivity contribution in [1.82, 2.24) is 4.57 Å². The van der Waals surface area contributed by atoms with Gasteiger partial charge in [-0.15, -0.1) is 0 Å². The Balaban J connectivity index is 1.41. The number of nitrogens with zero attached hydrogens (tertiary/aromatic N) is 3. The minimum Gasteiger partial charge on any atom is -0.399 e. The largest absolute Gasteiger partial charge is 0.399 e. The van der Waals surface area contributed by atoms with Gasteiger partial charge in [-0.25, -0.2) is 0 Å². The quantitative estimate of drug-likeness (QED) is 0.202. The van der Waals surface area contributed by atoms with Crippen LogP contribution in [0.5, 0.6) is 0 Å². The Morgan fingerprint density at radius 2 is 1.43 bits per heavy atom. The molecular weight excluding hydrogens is 560 g/mol. The second-order valence-electron chi connectivity index (χ2n) is 12.3. The van der Waals surface area contributed by atoms with Crippen molar-refractivity contribution in [2.75, 3.05) is 5.73 Å². The second-order valence-corrected chi connectivity index (χ2v) is 12.3. The topological polar surface area (TPSA) is 78.5 Å². The average Bonchev–Trinajstić information content (AvgIpc) is 3.40. The van der Waals surface area contributed by atoms with E-state index in [1.165, 1.54) is 5.56 Å². The van der Waals surface area contributed by atoms with Gasteiger partial charge in [-0.2, -0.15) is 10.5 Å². The Kier molecular flexibility index (Phi) is 6.93. The van der Waals surface area contributed by atoms with E-state index in [4.69, 9.17) is 5.73 Å². The summed E-state index contributed by atoms with van der Waals surface area (Å²) < 4.78 is 2.29. The molecule has 1 heterocycles. The predicted molar refractivity (Wildman–Crippen MR) is 190 cm³/mol. The Labute approximate surface area is 269 Å². The molecule has 0 spiro atoms. The number of aromatic nitrogens is 1. The smallest absolute Gasteiger partial charge is 0.0998 e. The molecule has 0 aliphatic heterocycles. The molecule has 0 radical (unpaired) electrons. The summed E-state index contributed by atoms with van der Waals surface area (Å²) in [6.07, 6.45) is 7.28. The van der Waals surface area contributed by atoms with Gasteiger partial charge in [0.2, 0.25) is 0 Å². The Bertz CT molecular complexity index is 2310. The van der Waals surface area contributed by atoms with Crippen LogP contribution in [0.2, 0.25) is 0 Å². The van der Waals surface area contributed by atoms with E-state index >= 15 is 0 Å². The Morgan fingerprint density at radius 1 is 0.783 bits per heavy atom. The number of aryl methyl sites for hydroxylation is 1. The number of hydrogen-bond donors (Lipinski definition) is 1. The molecule has 1 atom stereocenters. The fourth-order valence-electron chi connectivity index (χ4n) is 6.68. The monoisotopic (exact) mass is 592 g/mol. The molecule has 0 fully saturated rings. The molecule has 220 valence electrons. The first-order valence-electron chi connectivity index (χ1n) is 15.3. The maximum Gasteiger partial charge on any atom is 0.0998 e. The first kappa shape index (κ1) is 28.7. The molecular formula is C42H32N4. The Hall–Kier alpha value is -6.10. The standard InChI is InChI=1S/C42H32N4/c1-27-12-16-39-37(22-27)38-24-33(45)14-17-40(38)46(39)41-23-30(13-15-36(41)35-11-7-5-9-32(35)26-44)28(2)42(3)20-18-29(19-21-42)34-10-6-4-8-31(34)25-43/h4-20,22-24H,2,21,45H2,1,3H3. The van der Waals surface area contributed by atoms with Crippen LogP contribution in [0.15, 0.2) is 128 Å². The molecule has 6 aromatic rings. The zero-order valence-electron chi connectivity index (χ0n) is 25.9. The van der Waals surface area contributed by atoms with Crippen LogP contribution in [-0.2, 0) is 0 Å². The van der Waals surface area contributed by atoms with E-state index in [9.17, 15) is 10.5 Å². The van der Waals surface area contributed by atoms with E-state index in [1.807, 2.05) is 60.7 Å². The van der Waals surface area contributed by atoms with Crippen molar-refractivity contribution >= 4 is 38.6 Å². The van der Waals surface area contributed by atoms with Crippen molar-refractivity contribution in [2.45, 2.75) is 20.3 Å². The number of allylic oxidation sites excluding steroid dienone is 5. The summed E-state index contributed by atoms with van der Waals surface area (Å²) in [5.41, 5.74) is 18.1. The molecule has 0 saturated carbocycles. The summed E-state index contributed by atoms with van der Waals surface area (Å²) in [4.78, 5) is 0. The van der Waals surface area contributed by atoms with Crippen LogP contribution in [0.1, 0.15) is 41.2 Å². The van der Waals surface area contributed by atoms with Gasteiger partial charge in [-0.3, -0.25) is 0 Å². The van der Waals surface area contributed by atoms with Crippen molar-refractivity contribution in [2.24, 2.45) is 5.41 Å². The number of fused-ring (bicyclic) bond motifs is 3. The van der Waals surface area contributed by atoms with Crippen molar-refractivity contribution in [3.05, 3.63) is 156 Å². The van der Waals surface area contributed by atoms with E-state index in [2.05, 4.69) is 97.8 Å². The zero-order valence-corrected chi connectivity index (χ0v) is 25.9. The van der Waals surface area contributed by atoms with Gasteiger partial charge in [0, 0.05) is 33.0 Å². The second kappa shape index (κ2) is 11.1. The number of anilines is 1. The summed E-state index contributed by atoms with van der Waals surface area (Å²) >= 11 is 0. The van der Waals surface area contributed by atoms with E-state index in [0.717, 1.165) is 67.3 Å². The Morgan fingerprint density at radius 3 is 2.13 bits per heavy atom. The number of nitrogens with two attached hydrogens (primary N) is 1.